The zero-order valence-corrected chi connectivity index (χ0v) is 21.2. The maximum atomic E-state index is 12.7. The summed E-state index contributed by atoms with van der Waals surface area (Å²) in [6.45, 7) is 12.2. The average Bonchev–Trinajstić information content (AvgIpc) is 3.20. The van der Waals surface area contributed by atoms with Gasteiger partial charge in [-0.25, -0.2) is 4.98 Å². The lowest BCUT2D eigenvalue weighted by atomic mass is 10.1. The topological polar surface area (TPSA) is 88.3 Å². The minimum atomic E-state index is -0.166. The number of amides is 1. The van der Waals surface area contributed by atoms with Gasteiger partial charge in [-0.3, -0.25) is 9.59 Å². The molecule has 0 fully saturated rings. The summed E-state index contributed by atoms with van der Waals surface area (Å²) in [5.74, 6) is 0.616. The Kier molecular flexibility index (Phi) is 11.0. The van der Waals surface area contributed by atoms with E-state index in [1.807, 2.05) is 39.0 Å². The zero-order valence-electron chi connectivity index (χ0n) is 21.2. The van der Waals surface area contributed by atoms with Gasteiger partial charge in [0.25, 0.3) is 5.91 Å². The zero-order chi connectivity index (χ0) is 25.8. The molecule has 3 rings (SSSR count). The van der Waals surface area contributed by atoms with Crippen molar-refractivity contribution >= 4 is 30.1 Å². The fourth-order valence-corrected chi connectivity index (χ4v) is 3.81. The van der Waals surface area contributed by atoms with Crippen LogP contribution >= 0.6 is 0 Å². The van der Waals surface area contributed by atoms with E-state index in [1.54, 1.807) is 42.3 Å². The first-order valence-corrected chi connectivity index (χ1v) is 12.1. The molecule has 1 heterocycles. The third-order valence-corrected chi connectivity index (χ3v) is 5.53. The van der Waals surface area contributed by atoms with Gasteiger partial charge in [0.15, 0.2) is 6.29 Å². The number of imidazole rings is 1. The first-order valence-electron chi connectivity index (χ1n) is 12.1. The van der Waals surface area contributed by atoms with E-state index in [-0.39, 0.29) is 5.91 Å². The smallest absolute Gasteiger partial charge is 0.254 e. The number of nitrogens with zero attached hydrogens (tertiary/aromatic N) is 3. The van der Waals surface area contributed by atoms with Crippen molar-refractivity contribution < 1.29 is 14.3 Å². The third-order valence-electron chi connectivity index (χ3n) is 5.53. The molecule has 0 atom stereocenters. The summed E-state index contributed by atoms with van der Waals surface area (Å²) >= 11 is 0. The Hall–Kier alpha value is -3.58. The van der Waals surface area contributed by atoms with Crippen LogP contribution in [0.2, 0.25) is 0 Å². The van der Waals surface area contributed by atoms with Crippen LogP contribution in [0.15, 0.2) is 48.6 Å². The number of carbonyl (C=O) groups is 2. The number of allylic oxidation sites excluding steroid dienone is 4. The molecule has 1 amide bonds. The van der Waals surface area contributed by atoms with Crippen LogP contribution in [-0.4, -0.2) is 52.6 Å². The van der Waals surface area contributed by atoms with Gasteiger partial charge >= 0.3 is 0 Å². The third kappa shape index (κ3) is 6.96. The summed E-state index contributed by atoms with van der Waals surface area (Å²) in [4.78, 5) is 30.2. The summed E-state index contributed by atoms with van der Waals surface area (Å²) < 4.78 is 7.68. The van der Waals surface area contributed by atoms with Gasteiger partial charge in [-0.15, -0.1) is 0 Å². The molecule has 35 heavy (non-hydrogen) atoms. The Bertz CT molecular complexity index is 1210. The first-order chi connectivity index (χ1) is 17.0. The minimum absolute atomic E-state index is 0.166. The van der Waals surface area contributed by atoms with Crippen molar-refractivity contribution in [3.63, 3.8) is 0 Å². The maximum absolute atomic E-state index is 12.7. The van der Waals surface area contributed by atoms with Crippen LogP contribution in [0.25, 0.3) is 12.2 Å². The van der Waals surface area contributed by atoms with E-state index in [0.29, 0.717) is 54.8 Å². The van der Waals surface area contributed by atoms with Crippen LogP contribution < -0.4 is 10.7 Å². The number of aromatic nitrogens is 2. The van der Waals surface area contributed by atoms with Gasteiger partial charge in [-0.1, -0.05) is 56.9 Å². The lowest BCUT2D eigenvalue weighted by Gasteiger charge is -2.18. The van der Waals surface area contributed by atoms with Gasteiger partial charge in [-0.2, -0.15) is 0 Å². The van der Waals surface area contributed by atoms with E-state index >= 15 is 0 Å². The molecule has 0 unspecified atom stereocenters. The summed E-state index contributed by atoms with van der Waals surface area (Å²) in [6.07, 6.45) is 9.69. The Morgan fingerprint density at radius 1 is 1.20 bits per heavy atom. The van der Waals surface area contributed by atoms with Gasteiger partial charge in [0, 0.05) is 37.9 Å². The number of benzene rings is 1. The Morgan fingerprint density at radius 2 is 1.91 bits per heavy atom. The molecular weight excluding hydrogens is 440 g/mol. The number of hydrogen-bond donors (Lipinski definition) is 1. The highest BCUT2D eigenvalue weighted by Crippen LogP contribution is 2.11. The Morgan fingerprint density at radius 3 is 2.60 bits per heavy atom. The van der Waals surface area contributed by atoms with E-state index in [4.69, 9.17) is 10.1 Å². The van der Waals surface area contributed by atoms with Crippen LogP contribution in [0.5, 0.6) is 0 Å². The highest BCUT2D eigenvalue weighted by atomic mass is 16.5. The van der Waals surface area contributed by atoms with Crippen molar-refractivity contribution in [1.82, 2.24) is 14.5 Å². The number of nitrogens with one attached hydrogen (secondary N) is 1. The second-order valence-corrected chi connectivity index (χ2v) is 7.80. The molecule has 1 aliphatic carbocycles. The SMILES string of the molecule is C=c1nc(COCC)n(CCCCN(C)C(=O)c2ccccc2C=O)/c1=C1\C=CC=CC1=N.CC. The van der Waals surface area contributed by atoms with E-state index in [0.717, 1.165) is 29.6 Å². The van der Waals surface area contributed by atoms with Crippen molar-refractivity contribution in [2.45, 2.75) is 46.8 Å². The Labute approximate surface area is 207 Å². The predicted molar refractivity (Wildman–Crippen MR) is 141 cm³/mol. The highest BCUT2D eigenvalue weighted by Gasteiger charge is 2.16. The fourth-order valence-electron chi connectivity index (χ4n) is 3.81. The molecule has 1 aliphatic rings. The van der Waals surface area contributed by atoms with Crippen molar-refractivity contribution in [3.05, 3.63) is 76.2 Å². The average molecular weight is 477 g/mol. The number of ether oxygens (including phenoxy) is 1. The largest absolute Gasteiger partial charge is 0.374 e. The highest BCUT2D eigenvalue weighted by molar-refractivity contribution is 6.26. The van der Waals surface area contributed by atoms with Crippen LogP contribution in [0, 0.1) is 5.41 Å². The number of rotatable bonds is 10. The standard InChI is InChI=1S/C26H30N4O3.C2H6/c1-4-33-18-24-28-19(2)25(22-13-7-8-14-23(22)27)30(24)16-10-9-15-29(3)26(32)21-12-6-5-11-20(21)17-31;1-2/h5-8,11-14,17,27H,2,4,9-10,15-16,18H2,1,3H3;1-2H3/b25-22+,27-23?;. The molecule has 1 aromatic carbocycles. The van der Waals surface area contributed by atoms with Gasteiger partial charge in [0.2, 0.25) is 0 Å². The summed E-state index contributed by atoms with van der Waals surface area (Å²) in [5.41, 5.74) is 2.02. The van der Waals surface area contributed by atoms with Gasteiger partial charge in [0.05, 0.1) is 22.0 Å². The molecule has 7 nitrogen and oxygen atoms in total. The van der Waals surface area contributed by atoms with Crippen molar-refractivity contribution in [2.75, 3.05) is 20.2 Å². The second-order valence-electron chi connectivity index (χ2n) is 7.80. The van der Waals surface area contributed by atoms with Crippen molar-refractivity contribution in [1.29, 1.82) is 5.41 Å². The minimum Gasteiger partial charge on any atom is -0.374 e. The van der Waals surface area contributed by atoms with Crippen LogP contribution in [0.4, 0.5) is 0 Å². The van der Waals surface area contributed by atoms with E-state index in [1.165, 1.54) is 0 Å². The van der Waals surface area contributed by atoms with Gasteiger partial charge in [-0.05, 0) is 31.9 Å². The maximum Gasteiger partial charge on any atom is 0.254 e. The summed E-state index contributed by atoms with van der Waals surface area (Å²) in [7, 11) is 1.75. The molecule has 1 aromatic heterocycles. The molecule has 1 N–H and O–H groups in total. The number of hydrogen-bond acceptors (Lipinski definition) is 5. The number of unbranched alkanes of at least 4 members (excludes halogenated alkanes) is 1. The predicted octanol–water partition coefficient (Wildman–Crippen LogP) is 3.52. The molecule has 0 saturated heterocycles. The van der Waals surface area contributed by atoms with Crippen LogP contribution in [0.1, 0.15) is 60.2 Å². The Balaban J connectivity index is 0.00000210. The van der Waals surface area contributed by atoms with E-state index in [9.17, 15) is 9.59 Å². The molecule has 186 valence electrons. The van der Waals surface area contributed by atoms with E-state index in [2.05, 4.69) is 16.1 Å². The monoisotopic (exact) mass is 476 g/mol. The summed E-state index contributed by atoms with van der Waals surface area (Å²) in [5, 5.41) is 9.77. The van der Waals surface area contributed by atoms with Crippen LogP contribution in [0.3, 0.4) is 0 Å². The molecule has 0 radical (unpaired) electrons. The molecular formula is C28H36N4O3. The normalized spacial score (nSPS) is 13.9. The summed E-state index contributed by atoms with van der Waals surface area (Å²) in [6, 6.07) is 6.83. The quantitative estimate of drug-likeness (QED) is 0.420. The molecule has 0 bridgehead atoms. The fraction of sp³-hybridized carbons (Fsp3) is 0.357. The molecule has 2 aromatic rings. The molecule has 0 aliphatic heterocycles. The van der Waals surface area contributed by atoms with Crippen molar-refractivity contribution in [2.24, 2.45) is 0 Å². The molecule has 0 spiro atoms. The van der Waals surface area contributed by atoms with Crippen molar-refractivity contribution in [3.8, 4) is 0 Å². The van der Waals surface area contributed by atoms with Gasteiger partial charge in [0.1, 0.15) is 12.4 Å². The lowest BCUT2D eigenvalue weighted by Crippen LogP contribution is -2.34. The second kappa shape index (κ2) is 14.0. The lowest BCUT2D eigenvalue weighted by molar-refractivity contribution is 0.0789. The number of aldehydes is 1. The van der Waals surface area contributed by atoms with Gasteiger partial charge < -0.3 is 19.6 Å². The van der Waals surface area contributed by atoms with Crippen LogP contribution in [-0.2, 0) is 17.9 Å². The first kappa shape index (κ1) is 27.7. The molecule has 0 saturated carbocycles. The van der Waals surface area contributed by atoms with E-state index < -0.39 is 0 Å². The number of carbonyl (C=O) groups excluding carboxylic acids is 2. The molecule has 7 heteroatoms.